The highest BCUT2D eigenvalue weighted by Gasteiger charge is 2.81. The first-order valence-corrected chi connectivity index (χ1v) is 13.6. The molecule has 206 valence electrons. The van der Waals surface area contributed by atoms with E-state index in [1.807, 2.05) is 94.7 Å². The van der Waals surface area contributed by atoms with E-state index >= 15 is 0 Å². The van der Waals surface area contributed by atoms with Crippen molar-refractivity contribution in [2.24, 2.45) is 0 Å². The second-order valence-electron chi connectivity index (χ2n) is 10.7. The van der Waals surface area contributed by atoms with Crippen LogP contribution in [0.15, 0.2) is 84.9 Å². The minimum atomic E-state index is -1.21. The van der Waals surface area contributed by atoms with Crippen molar-refractivity contribution in [2.75, 3.05) is 27.7 Å². The topological polar surface area (TPSA) is 74.8 Å². The maximum absolute atomic E-state index is 14.7. The van der Waals surface area contributed by atoms with Crippen LogP contribution in [-0.2, 0) is 29.2 Å². The number of carbonyl (C=O) groups excluding carboxylic acids is 2. The van der Waals surface area contributed by atoms with Crippen molar-refractivity contribution >= 4 is 22.8 Å². The average molecular weight is 549 g/mol. The first-order valence-electron chi connectivity index (χ1n) is 13.6. The molecule has 0 saturated carbocycles. The monoisotopic (exact) mass is 548 g/mol. The highest BCUT2D eigenvalue weighted by Crippen LogP contribution is 2.65. The molecule has 4 aliphatic heterocycles. The fourth-order valence-electron chi connectivity index (χ4n) is 7.74. The lowest BCUT2D eigenvalue weighted by molar-refractivity contribution is -0.179. The number of ether oxygens (including phenoxy) is 3. The predicted molar refractivity (Wildman–Crippen MR) is 150 cm³/mol. The standard InChI is InChI=1S/C32H28N4O5/c1-39-27-23-15-9-10-16-24(23)28(40-2)26-18-34-30(38)36-20-41-19-35-29(37)33(17-25(26)27)31(34,21-11-5-3-6-12-21)32(35,36)22-13-7-4-8-14-22/h3-16H,17-20H2,1-2H3. The summed E-state index contributed by atoms with van der Waals surface area (Å²) in [5.41, 5.74) is 0.939. The summed E-state index contributed by atoms with van der Waals surface area (Å²) in [7, 11) is 3.30. The zero-order valence-corrected chi connectivity index (χ0v) is 22.7. The van der Waals surface area contributed by atoms with Crippen LogP contribution in [0.5, 0.6) is 11.5 Å². The molecule has 4 aromatic rings. The molecular weight excluding hydrogens is 520 g/mol. The van der Waals surface area contributed by atoms with Gasteiger partial charge in [0, 0.05) is 33.0 Å². The zero-order chi connectivity index (χ0) is 27.9. The van der Waals surface area contributed by atoms with Gasteiger partial charge in [-0.15, -0.1) is 0 Å². The molecule has 41 heavy (non-hydrogen) atoms. The Morgan fingerprint density at radius 2 is 0.976 bits per heavy atom. The number of methoxy groups -OCH3 is 2. The van der Waals surface area contributed by atoms with Crippen molar-refractivity contribution in [2.45, 2.75) is 24.4 Å². The average Bonchev–Trinajstić information content (AvgIpc) is 3.30. The van der Waals surface area contributed by atoms with Crippen LogP contribution in [0.4, 0.5) is 9.59 Å². The molecule has 0 spiro atoms. The summed E-state index contributed by atoms with van der Waals surface area (Å²) in [5, 5.41) is 1.78. The van der Waals surface area contributed by atoms with E-state index in [4.69, 9.17) is 14.2 Å². The number of amides is 4. The van der Waals surface area contributed by atoms with Gasteiger partial charge in [0.05, 0.1) is 27.3 Å². The van der Waals surface area contributed by atoms with E-state index in [1.54, 1.807) is 24.0 Å². The van der Waals surface area contributed by atoms with Gasteiger partial charge >= 0.3 is 12.1 Å². The Balaban J connectivity index is 1.52. The highest BCUT2D eigenvalue weighted by molar-refractivity contribution is 5.97. The summed E-state index contributed by atoms with van der Waals surface area (Å²) in [4.78, 5) is 36.5. The van der Waals surface area contributed by atoms with E-state index in [2.05, 4.69) is 0 Å². The molecule has 0 N–H and O–H groups in total. The Hall–Kier alpha value is -4.76. The zero-order valence-electron chi connectivity index (χ0n) is 22.7. The summed E-state index contributed by atoms with van der Waals surface area (Å²) >= 11 is 0. The molecule has 0 bridgehead atoms. The SMILES string of the molecule is COc1c2c(c(OC)c3ccccc13)CN1C(=O)N3COCN4C(=O)N(C2)C1(c1ccccc1)C43c1ccccc1. The van der Waals surface area contributed by atoms with E-state index in [-0.39, 0.29) is 38.6 Å². The van der Waals surface area contributed by atoms with Gasteiger partial charge in [-0.05, 0) is 0 Å². The van der Waals surface area contributed by atoms with E-state index in [9.17, 15) is 9.59 Å². The first-order chi connectivity index (χ1) is 20.1. The molecule has 8 rings (SSSR count). The van der Waals surface area contributed by atoms with Crippen LogP contribution < -0.4 is 9.47 Å². The Kier molecular flexibility index (Phi) is 4.92. The molecule has 4 aliphatic rings. The normalized spacial score (nSPS) is 24.4. The smallest absolute Gasteiger partial charge is 0.326 e. The third-order valence-electron chi connectivity index (χ3n) is 9.14. The van der Waals surface area contributed by atoms with Crippen LogP contribution in [0.1, 0.15) is 22.3 Å². The Labute approximate surface area is 237 Å². The number of urea groups is 2. The largest absolute Gasteiger partial charge is 0.496 e. The summed E-state index contributed by atoms with van der Waals surface area (Å²) in [6.07, 6.45) is 0. The van der Waals surface area contributed by atoms with Crippen molar-refractivity contribution in [3.63, 3.8) is 0 Å². The van der Waals surface area contributed by atoms with E-state index in [1.165, 1.54) is 0 Å². The van der Waals surface area contributed by atoms with Crippen LogP contribution in [-0.4, -0.2) is 59.3 Å². The molecule has 0 unspecified atom stereocenters. The molecule has 0 aliphatic carbocycles. The van der Waals surface area contributed by atoms with Crippen LogP contribution in [0.3, 0.4) is 0 Å². The molecule has 4 aromatic carbocycles. The second kappa shape index (κ2) is 8.37. The van der Waals surface area contributed by atoms with E-state index in [0.717, 1.165) is 33.0 Å². The molecule has 0 radical (unpaired) electrons. The van der Waals surface area contributed by atoms with Crippen LogP contribution in [0, 0.1) is 0 Å². The van der Waals surface area contributed by atoms with E-state index in [0.29, 0.717) is 11.5 Å². The number of carbonyl (C=O) groups is 2. The second-order valence-corrected chi connectivity index (χ2v) is 10.7. The van der Waals surface area contributed by atoms with Crippen LogP contribution in [0.2, 0.25) is 0 Å². The van der Waals surface area contributed by atoms with Gasteiger partial charge in [0.2, 0.25) is 0 Å². The summed E-state index contributed by atoms with van der Waals surface area (Å²) in [6.45, 7) is 0.523. The molecule has 4 amide bonds. The third-order valence-corrected chi connectivity index (χ3v) is 9.14. The number of hydrogen-bond acceptors (Lipinski definition) is 5. The molecule has 9 heteroatoms. The van der Waals surface area contributed by atoms with Crippen molar-refractivity contribution in [3.8, 4) is 11.5 Å². The predicted octanol–water partition coefficient (Wildman–Crippen LogP) is 5.00. The van der Waals surface area contributed by atoms with Crippen molar-refractivity contribution in [1.82, 2.24) is 19.6 Å². The lowest BCUT2D eigenvalue weighted by Crippen LogP contribution is -2.65. The fraction of sp³-hybridized carbons (Fsp3) is 0.250. The van der Waals surface area contributed by atoms with Gasteiger partial charge in [-0.3, -0.25) is 19.6 Å². The van der Waals surface area contributed by atoms with Gasteiger partial charge in [0.25, 0.3) is 0 Å². The maximum Gasteiger partial charge on any atom is 0.326 e. The van der Waals surface area contributed by atoms with E-state index < -0.39 is 11.3 Å². The lowest BCUT2D eigenvalue weighted by Gasteiger charge is -2.51. The summed E-state index contributed by atoms with van der Waals surface area (Å²) in [6, 6.07) is 27.2. The highest BCUT2D eigenvalue weighted by atomic mass is 16.5. The summed E-state index contributed by atoms with van der Waals surface area (Å²) in [5.74, 6) is 1.35. The Morgan fingerprint density at radius 1 is 0.585 bits per heavy atom. The van der Waals surface area contributed by atoms with Crippen molar-refractivity contribution < 1.29 is 23.8 Å². The van der Waals surface area contributed by atoms with Gasteiger partial charge in [0.15, 0.2) is 11.3 Å². The maximum atomic E-state index is 14.7. The molecule has 3 saturated heterocycles. The molecule has 0 aromatic heterocycles. The molecule has 0 atom stereocenters. The molecule has 4 heterocycles. The van der Waals surface area contributed by atoms with Crippen molar-refractivity contribution in [1.29, 1.82) is 0 Å². The van der Waals surface area contributed by atoms with Gasteiger partial charge in [-0.25, -0.2) is 9.59 Å². The van der Waals surface area contributed by atoms with Gasteiger partial charge in [-0.2, -0.15) is 0 Å². The number of hydrogen-bond donors (Lipinski definition) is 0. The number of nitrogens with zero attached hydrogens (tertiary/aromatic N) is 4. The minimum absolute atomic E-state index is 0.0570. The van der Waals surface area contributed by atoms with Crippen molar-refractivity contribution in [3.05, 3.63) is 107 Å². The molecular formula is C32H28N4O5. The first kappa shape index (κ1) is 24.1. The molecule has 3 fully saturated rings. The van der Waals surface area contributed by atoms with Gasteiger partial charge in [0.1, 0.15) is 25.0 Å². The lowest BCUT2D eigenvalue weighted by atomic mass is 9.79. The van der Waals surface area contributed by atoms with Gasteiger partial charge < -0.3 is 14.2 Å². The number of rotatable bonds is 4. The third kappa shape index (κ3) is 2.65. The van der Waals surface area contributed by atoms with Crippen LogP contribution >= 0.6 is 0 Å². The molecule has 9 nitrogen and oxygen atoms in total. The van der Waals surface area contributed by atoms with Crippen LogP contribution in [0.25, 0.3) is 10.8 Å². The summed E-state index contributed by atoms with van der Waals surface area (Å²) < 4.78 is 18.0. The number of benzene rings is 4. The van der Waals surface area contributed by atoms with Gasteiger partial charge in [-0.1, -0.05) is 84.9 Å². The number of fused-ring (bicyclic) bond motifs is 2. The fourth-order valence-corrected chi connectivity index (χ4v) is 7.74. The Bertz CT molecular complexity index is 1650. The quantitative estimate of drug-likeness (QED) is 0.359. The Morgan fingerprint density at radius 3 is 1.39 bits per heavy atom. The minimum Gasteiger partial charge on any atom is -0.496 e.